The van der Waals surface area contributed by atoms with E-state index < -0.39 is 17.8 Å². The summed E-state index contributed by atoms with van der Waals surface area (Å²) >= 11 is 0. The van der Waals surface area contributed by atoms with Gasteiger partial charge in [-0.15, -0.1) is 0 Å². The van der Waals surface area contributed by atoms with Crippen molar-refractivity contribution in [2.24, 2.45) is 0 Å². The minimum absolute atomic E-state index is 0.135. The summed E-state index contributed by atoms with van der Waals surface area (Å²) in [6.45, 7) is 5.21. The fourth-order valence-corrected chi connectivity index (χ4v) is 1.36. The van der Waals surface area contributed by atoms with E-state index in [0.717, 1.165) is 12.8 Å². The average molecular weight is 231 g/mol. The Balaban J connectivity index is 2.52. The summed E-state index contributed by atoms with van der Waals surface area (Å²) in [4.78, 5) is 13.3. The number of amides is 1. The Bertz CT molecular complexity index is 245. The van der Waals surface area contributed by atoms with Gasteiger partial charge in [0.1, 0.15) is 5.60 Å². The summed E-state index contributed by atoms with van der Waals surface area (Å²) < 4.78 is 5.24. The van der Waals surface area contributed by atoms with E-state index in [1.54, 1.807) is 20.8 Å². The van der Waals surface area contributed by atoms with E-state index in [0.29, 0.717) is 0 Å². The summed E-state index contributed by atoms with van der Waals surface area (Å²) in [5.41, 5.74) is -0.533. The molecule has 0 aliphatic heterocycles. The zero-order chi connectivity index (χ0) is 12.3. The largest absolute Gasteiger partial charge is 0.444 e. The number of rotatable bonds is 4. The molecule has 0 aromatic heterocycles. The number of hydrogen-bond acceptors (Lipinski definition) is 4. The smallest absolute Gasteiger partial charge is 0.410 e. The first-order valence-electron chi connectivity index (χ1n) is 5.62. The standard InChI is InChI=1S/C11H21NO4/c1-11(2,3)16-10(15)12(8-4-5-8)6-9(14)7-13/h8-9,13-14H,4-7H2,1-3H3/t9-/m1/s1. The second kappa shape index (κ2) is 5.01. The van der Waals surface area contributed by atoms with Crippen molar-refractivity contribution >= 4 is 6.09 Å². The van der Waals surface area contributed by atoms with Gasteiger partial charge < -0.3 is 19.8 Å². The molecule has 1 atom stereocenters. The summed E-state index contributed by atoms with van der Waals surface area (Å²) in [6, 6.07) is 0.163. The molecule has 5 nitrogen and oxygen atoms in total. The molecule has 1 saturated carbocycles. The van der Waals surface area contributed by atoms with Crippen LogP contribution in [0.15, 0.2) is 0 Å². The van der Waals surface area contributed by atoms with Crippen molar-refractivity contribution in [3.05, 3.63) is 0 Å². The van der Waals surface area contributed by atoms with Gasteiger partial charge in [-0.25, -0.2) is 4.79 Å². The molecule has 2 N–H and O–H groups in total. The molecule has 94 valence electrons. The maximum atomic E-state index is 11.8. The van der Waals surface area contributed by atoms with Crippen LogP contribution in [0.1, 0.15) is 33.6 Å². The van der Waals surface area contributed by atoms with E-state index in [-0.39, 0.29) is 19.2 Å². The van der Waals surface area contributed by atoms with Crippen LogP contribution in [0, 0.1) is 0 Å². The minimum Gasteiger partial charge on any atom is -0.444 e. The molecule has 1 aliphatic carbocycles. The molecule has 0 aromatic rings. The second-order valence-electron chi connectivity index (χ2n) is 5.20. The third-order valence-corrected chi connectivity index (χ3v) is 2.23. The van der Waals surface area contributed by atoms with E-state index in [1.807, 2.05) is 0 Å². The van der Waals surface area contributed by atoms with Gasteiger partial charge in [0.15, 0.2) is 0 Å². The maximum absolute atomic E-state index is 11.8. The van der Waals surface area contributed by atoms with Crippen molar-refractivity contribution in [3.8, 4) is 0 Å². The first kappa shape index (κ1) is 13.3. The van der Waals surface area contributed by atoms with Crippen LogP contribution in [-0.2, 0) is 4.74 Å². The first-order valence-corrected chi connectivity index (χ1v) is 5.62. The molecule has 1 fully saturated rings. The summed E-state index contributed by atoms with van der Waals surface area (Å²) in [5, 5.41) is 18.1. The molecule has 0 radical (unpaired) electrons. The lowest BCUT2D eigenvalue weighted by Crippen LogP contribution is -2.43. The quantitative estimate of drug-likeness (QED) is 0.748. The Kier molecular flexibility index (Phi) is 4.15. The number of hydrogen-bond donors (Lipinski definition) is 2. The number of aliphatic hydroxyl groups is 2. The normalized spacial score (nSPS) is 18.1. The number of carbonyl (C=O) groups is 1. The number of aliphatic hydroxyl groups excluding tert-OH is 2. The predicted octanol–water partition coefficient (Wildman–Crippen LogP) is 0.739. The predicted molar refractivity (Wildman–Crippen MR) is 59.1 cm³/mol. The van der Waals surface area contributed by atoms with Crippen molar-refractivity contribution in [3.63, 3.8) is 0 Å². The van der Waals surface area contributed by atoms with Crippen molar-refractivity contribution < 1.29 is 19.7 Å². The Labute approximate surface area is 96.0 Å². The molecule has 0 heterocycles. The van der Waals surface area contributed by atoms with Gasteiger partial charge in [-0.05, 0) is 33.6 Å². The average Bonchev–Trinajstić information content (AvgIpc) is 2.93. The summed E-state index contributed by atoms with van der Waals surface area (Å²) in [6.07, 6.45) is 0.574. The van der Waals surface area contributed by atoms with Crippen LogP contribution < -0.4 is 0 Å². The SMILES string of the molecule is CC(C)(C)OC(=O)N(C[C@@H](O)CO)C1CC1. The Morgan fingerprint density at radius 1 is 1.50 bits per heavy atom. The zero-order valence-electron chi connectivity index (χ0n) is 10.1. The van der Waals surface area contributed by atoms with E-state index in [1.165, 1.54) is 4.90 Å². The van der Waals surface area contributed by atoms with Crippen LogP contribution >= 0.6 is 0 Å². The van der Waals surface area contributed by atoms with Crippen LogP contribution in [0.25, 0.3) is 0 Å². The molecule has 1 rings (SSSR count). The number of carbonyl (C=O) groups excluding carboxylic acids is 1. The first-order chi connectivity index (χ1) is 7.33. The van der Waals surface area contributed by atoms with Crippen molar-refractivity contribution in [2.75, 3.05) is 13.2 Å². The topological polar surface area (TPSA) is 70.0 Å². The lowest BCUT2D eigenvalue weighted by atomic mass is 10.2. The third-order valence-electron chi connectivity index (χ3n) is 2.23. The molecule has 1 aliphatic rings. The lowest BCUT2D eigenvalue weighted by Gasteiger charge is -2.28. The Morgan fingerprint density at radius 2 is 2.06 bits per heavy atom. The molecule has 0 saturated heterocycles. The van der Waals surface area contributed by atoms with Crippen molar-refractivity contribution in [1.82, 2.24) is 4.90 Å². The fourth-order valence-electron chi connectivity index (χ4n) is 1.36. The van der Waals surface area contributed by atoms with Gasteiger partial charge in [0.2, 0.25) is 0 Å². The molecule has 1 amide bonds. The third kappa shape index (κ3) is 4.37. The zero-order valence-corrected chi connectivity index (χ0v) is 10.1. The van der Waals surface area contributed by atoms with Gasteiger partial charge in [0.25, 0.3) is 0 Å². The Hall–Kier alpha value is -0.810. The monoisotopic (exact) mass is 231 g/mol. The van der Waals surface area contributed by atoms with Gasteiger partial charge in [-0.3, -0.25) is 0 Å². The van der Waals surface area contributed by atoms with E-state index in [9.17, 15) is 9.90 Å². The van der Waals surface area contributed by atoms with E-state index >= 15 is 0 Å². The molecule has 0 aromatic carbocycles. The van der Waals surface area contributed by atoms with Crippen molar-refractivity contribution in [2.45, 2.75) is 51.4 Å². The van der Waals surface area contributed by atoms with Crippen molar-refractivity contribution in [1.29, 1.82) is 0 Å². The van der Waals surface area contributed by atoms with Crippen LogP contribution in [0.2, 0.25) is 0 Å². The second-order valence-corrected chi connectivity index (χ2v) is 5.20. The van der Waals surface area contributed by atoms with Gasteiger partial charge >= 0.3 is 6.09 Å². The molecular weight excluding hydrogens is 210 g/mol. The highest BCUT2D eigenvalue weighted by atomic mass is 16.6. The molecule has 5 heteroatoms. The molecule has 16 heavy (non-hydrogen) atoms. The summed E-state index contributed by atoms with van der Waals surface area (Å²) in [7, 11) is 0. The van der Waals surface area contributed by atoms with Crippen LogP contribution in [-0.4, -0.2) is 52.1 Å². The van der Waals surface area contributed by atoms with E-state index in [2.05, 4.69) is 0 Å². The highest BCUT2D eigenvalue weighted by Crippen LogP contribution is 2.28. The van der Waals surface area contributed by atoms with Gasteiger partial charge in [-0.2, -0.15) is 0 Å². The Morgan fingerprint density at radius 3 is 2.44 bits per heavy atom. The molecule has 0 unspecified atom stereocenters. The molecule has 0 bridgehead atoms. The molecule has 0 spiro atoms. The summed E-state index contributed by atoms with van der Waals surface area (Å²) in [5.74, 6) is 0. The van der Waals surface area contributed by atoms with Crippen LogP contribution in [0.3, 0.4) is 0 Å². The van der Waals surface area contributed by atoms with Crippen LogP contribution in [0.5, 0.6) is 0 Å². The highest BCUT2D eigenvalue weighted by molar-refractivity contribution is 5.69. The van der Waals surface area contributed by atoms with E-state index in [4.69, 9.17) is 9.84 Å². The van der Waals surface area contributed by atoms with Gasteiger partial charge in [0, 0.05) is 6.04 Å². The molecular formula is C11H21NO4. The minimum atomic E-state index is -0.895. The fraction of sp³-hybridized carbons (Fsp3) is 0.909. The number of nitrogens with zero attached hydrogens (tertiary/aromatic N) is 1. The maximum Gasteiger partial charge on any atom is 0.410 e. The van der Waals surface area contributed by atoms with Gasteiger partial charge in [0.05, 0.1) is 19.3 Å². The highest BCUT2D eigenvalue weighted by Gasteiger charge is 2.36. The number of ether oxygens (including phenoxy) is 1. The van der Waals surface area contributed by atoms with Crippen LogP contribution in [0.4, 0.5) is 4.79 Å². The lowest BCUT2D eigenvalue weighted by molar-refractivity contribution is 0.00538. The van der Waals surface area contributed by atoms with Gasteiger partial charge in [-0.1, -0.05) is 0 Å².